The quantitative estimate of drug-likeness (QED) is 0.862. The highest BCUT2D eigenvalue weighted by molar-refractivity contribution is 7.16. The summed E-state index contributed by atoms with van der Waals surface area (Å²) in [6.45, 7) is 0.193. The highest BCUT2D eigenvalue weighted by atomic mass is 35.5. The Morgan fingerprint density at radius 2 is 2.12 bits per heavy atom. The van der Waals surface area contributed by atoms with Crippen LogP contribution >= 0.6 is 22.9 Å². The van der Waals surface area contributed by atoms with Crippen molar-refractivity contribution in [1.82, 2.24) is 0 Å². The van der Waals surface area contributed by atoms with E-state index in [1.807, 2.05) is 6.07 Å². The Balaban J connectivity index is 1.88. The smallest absolute Gasteiger partial charge is 0.338 e. The van der Waals surface area contributed by atoms with Gasteiger partial charge in [-0.15, -0.1) is 11.3 Å². The lowest BCUT2D eigenvalue weighted by molar-refractivity contribution is -0.170. The molecule has 0 spiro atoms. The van der Waals surface area contributed by atoms with Crippen molar-refractivity contribution in [3.8, 4) is 0 Å². The van der Waals surface area contributed by atoms with Gasteiger partial charge in [0.2, 0.25) is 0 Å². The lowest BCUT2D eigenvalue weighted by atomic mass is 9.85. The molecule has 94 valence electrons. The summed E-state index contributed by atoms with van der Waals surface area (Å²) < 4.78 is 5.82. The van der Waals surface area contributed by atoms with Crippen LogP contribution in [0.1, 0.15) is 37.0 Å². The Morgan fingerprint density at radius 3 is 2.71 bits per heavy atom. The summed E-state index contributed by atoms with van der Waals surface area (Å²) >= 11 is 7.16. The van der Waals surface area contributed by atoms with Crippen molar-refractivity contribution < 1.29 is 14.6 Å². The van der Waals surface area contributed by atoms with E-state index in [0.717, 1.165) is 24.1 Å². The number of ether oxygens (including phenoxy) is 1. The van der Waals surface area contributed by atoms with E-state index in [0.29, 0.717) is 17.2 Å². The maximum Gasteiger partial charge on any atom is 0.338 e. The summed E-state index contributed by atoms with van der Waals surface area (Å²) in [4.78, 5) is 12.7. The summed E-state index contributed by atoms with van der Waals surface area (Å²) in [5.74, 6) is -0.498. The van der Waals surface area contributed by atoms with Gasteiger partial charge in [-0.2, -0.15) is 0 Å². The fraction of sp³-hybridized carbons (Fsp3) is 0.583. The predicted molar refractivity (Wildman–Crippen MR) is 67.2 cm³/mol. The van der Waals surface area contributed by atoms with Crippen molar-refractivity contribution in [2.45, 2.75) is 44.3 Å². The summed E-state index contributed by atoms with van der Waals surface area (Å²) in [7, 11) is 0. The van der Waals surface area contributed by atoms with E-state index in [1.165, 1.54) is 11.3 Å². The van der Waals surface area contributed by atoms with E-state index in [9.17, 15) is 9.90 Å². The number of hydrogen-bond acceptors (Lipinski definition) is 4. The van der Waals surface area contributed by atoms with Crippen molar-refractivity contribution in [2.24, 2.45) is 0 Å². The van der Waals surface area contributed by atoms with E-state index < -0.39 is 11.6 Å². The second kappa shape index (κ2) is 5.38. The summed E-state index contributed by atoms with van der Waals surface area (Å²) in [6.07, 6.45) is 3.87. The van der Waals surface area contributed by atoms with Crippen LogP contribution in [-0.4, -0.2) is 16.7 Å². The summed E-state index contributed by atoms with van der Waals surface area (Å²) in [6, 6.07) is 3.59. The van der Waals surface area contributed by atoms with Crippen molar-refractivity contribution >= 4 is 28.9 Å². The van der Waals surface area contributed by atoms with Crippen molar-refractivity contribution in [3.05, 3.63) is 21.3 Å². The average Bonchev–Trinajstić information content (AvgIpc) is 2.73. The Labute approximate surface area is 109 Å². The van der Waals surface area contributed by atoms with Crippen LogP contribution in [-0.2, 0) is 16.1 Å². The van der Waals surface area contributed by atoms with E-state index in [4.69, 9.17) is 16.3 Å². The fourth-order valence-electron chi connectivity index (χ4n) is 2.04. The third kappa shape index (κ3) is 3.21. The molecule has 1 N–H and O–H groups in total. The molecule has 1 heterocycles. The van der Waals surface area contributed by atoms with Gasteiger partial charge < -0.3 is 9.84 Å². The Kier molecular flexibility index (Phi) is 4.07. The molecule has 1 aliphatic rings. The maximum absolute atomic E-state index is 11.8. The molecule has 1 fully saturated rings. The van der Waals surface area contributed by atoms with E-state index in [2.05, 4.69) is 0 Å². The van der Waals surface area contributed by atoms with Crippen LogP contribution in [0, 0.1) is 0 Å². The normalized spacial score (nSPS) is 18.9. The SMILES string of the molecule is O=C(OCc1ccc(Cl)s1)C1(O)CCCCC1. The lowest BCUT2D eigenvalue weighted by Crippen LogP contribution is -2.41. The van der Waals surface area contributed by atoms with Gasteiger partial charge in [-0.1, -0.05) is 18.0 Å². The monoisotopic (exact) mass is 274 g/mol. The van der Waals surface area contributed by atoms with Crippen LogP contribution in [0.25, 0.3) is 0 Å². The molecule has 0 atom stereocenters. The van der Waals surface area contributed by atoms with Gasteiger partial charge in [0, 0.05) is 4.88 Å². The first kappa shape index (κ1) is 12.9. The van der Waals surface area contributed by atoms with Gasteiger partial charge in [0.25, 0.3) is 0 Å². The number of aliphatic hydroxyl groups is 1. The second-order valence-corrected chi connectivity index (χ2v) is 6.17. The molecule has 2 rings (SSSR count). The minimum Gasteiger partial charge on any atom is -0.458 e. The standard InChI is InChI=1S/C12H15ClO3S/c13-10-5-4-9(17-10)8-16-11(14)12(15)6-2-1-3-7-12/h4-5,15H,1-3,6-8H2. The zero-order valence-electron chi connectivity index (χ0n) is 9.45. The third-order valence-corrected chi connectivity index (χ3v) is 4.24. The van der Waals surface area contributed by atoms with E-state index in [-0.39, 0.29) is 6.61 Å². The molecule has 0 unspecified atom stereocenters. The molecule has 5 heteroatoms. The topological polar surface area (TPSA) is 46.5 Å². The molecule has 0 bridgehead atoms. The van der Waals surface area contributed by atoms with Crippen LogP contribution < -0.4 is 0 Å². The average molecular weight is 275 g/mol. The Bertz CT molecular complexity index is 396. The molecule has 1 aliphatic carbocycles. The van der Waals surface area contributed by atoms with Crippen LogP contribution in [0.2, 0.25) is 4.34 Å². The minimum atomic E-state index is -1.26. The van der Waals surface area contributed by atoms with Crippen LogP contribution in [0.3, 0.4) is 0 Å². The molecule has 1 saturated carbocycles. The molecule has 0 amide bonds. The number of halogens is 1. The van der Waals surface area contributed by atoms with Gasteiger partial charge in [-0.25, -0.2) is 4.79 Å². The number of hydrogen-bond donors (Lipinski definition) is 1. The van der Waals surface area contributed by atoms with Crippen LogP contribution in [0.15, 0.2) is 12.1 Å². The summed E-state index contributed by atoms with van der Waals surface area (Å²) in [5, 5.41) is 10.1. The van der Waals surface area contributed by atoms with Crippen molar-refractivity contribution in [1.29, 1.82) is 0 Å². The van der Waals surface area contributed by atoms with Gasteiger partial charge in [-0.3, -0.25) is 0 Å². The highest BCUT2D eigenvalue weighted by Crippen LogP contribution is 2.30. The Morgan fingerprint density at radius 1 is 1.41 bits per heavy atom. The van der Waals surface area contributed by atoms with Gasteiger partial charge in [0.1, 0.15) is 6.61 Å². The number of rotatable bonds is 3. The molecular formula is C12H15ClO3S. The van der Waals surface area contributed by atoms with Crippen LogP contribution in [0.5, 0.6) is 0 Å². The van der Waals surface area contributed by atoms with E-state index >= 15 is 0 Å². The molecule has 0 radical (unpaired) electrons. The molecule has 1 aromatic rings. The molecule has 3 nitrogen and oxygen atoms in total. The number of carbonyl (C=O) groups is 1. The molecular weight excluding hydrogens is 260 g/mol. The third-order valence-electron chi connectivity index (χ3n) is 3.04. The maximum atomic E-state index is 11.8. The number of thiophene rings is 1. The molecule has 0 aromatic carbocycles. The first-order chi connectivity index (χ1) is 8.10. The van der Waals surface area contributed by atoms with Crippen molar-refractivity contribution in [2.75, 3.05) is 0 Å². The van der Waals surface area contributed by atoms with Crippen LogP contribution in [0.4, 0.5) is 0 Å². The number of carbonyl (C=O) groups excluding carboxylic acids is 1. The molecule has 17 heavy (non-hydrogen) atoms. The zero-order chi connectivity index (χ0) is 12.3. The summed E-state index contributed by atoms with van der Waals surface area (Å²) in [5.41, 5.74) is -1.26. The second-order valence-electron chi connectivity index (χ2n) is 4.37. The molecule has 0 saturated heterocycles. The molecule has 1 aromatic heterocycles. The predicted octanol–water partition coefficient (Wildman–Crippen LogP) is 3.14. The highest BCUT2D eigenvalue weighted by Gasteiger charge is 2.38. The zero-order valence-corrected chi connectivity index (χ0v) is 11.0. The Hall–Kier alpha value is -0.580. The fourth-order valence-corrected chi connectivity index (χ4v) is 3.04. The largest absolute Gasteiger partial charge is 0.458 e. The first-order valence-corrected chi connectivity index (χ1v) is 6.93. The first-order valence-electron chi connectivity index (χ1n) is 5.74. The van der Waals surface area contributed by atoms with E-state index in [1.54, 1.807) is 6.07 Å². The molecule has 0 aliphatic heterocycles. The van der Waals surface area contributed by atoms with Gasteiger partial charge in [-0.05, 0) is 37.8 Å². The van der Waals surface area contributed by atoms with Gasteiger partial charge >= 0.3 is 5.97 Å². The number of esters is 1. The lowest BCUT2D eigenvalue weighted by Gasteiger charge is -2.29. The van der Waals surface area contributed by atoms with Gasteiger partial charge in [0.15, 0.2) is 5.60 Å². The van der Waals surface area contributed by atoms with Gasteiger partial charge in [0.05, 0.1) is 4.34 Å². The van der Waals surface area contributed by atoms with Crippen molar-refractivity contribution in [3.63, 3.8) is 0 Å². The minimum absolute atomic E-state index is 0.193.